The van der Waals surface area contributed by atoms with Crippen molar-refractivity contribution in [3.63, 3.8) is 0 Å². The van der Waals surface area contributed by atoms with Crippen LogP contribution in [0.1, 0.15) is 48.3 Å². The maximum Gasteiger partial charge on any atom is 0.262 e. The van der Waals surface area contributed by atoms with E-state index in [4.69, 9.17) is 4.84 Å². The number of nitrogens with one attached hydrogen (secondary N) is 1. The molecule has 31 heavy (non-hydrogen) atoms. The summed E-state index contributed by atoms with van der Waals surface area (Å²) in [5, 5.41) is 11.0. The molecule has 1 aromatic heterocycles. The first-order chi connectivity index (χ1) is 14.9. The van der Waals surface area contributed by atoms with Gasteiger partial charge in [0.15, 0.2) is 0 Å². The van der Waals surface area contributed by atoms with Gasteiger partial charge in [0, 0.05) is 18.3 Å². The number of aromatic nitrogens is 2. The van der Waals surface area contributed by atoms with Crippen LogP contribution in [0.25, 0.3) is 11.1 Å². The Labute approximate surface area is 181 Å². The molecule has 6 nitrogen and oxygen atoms in total. The van der Waals surface area contributed by atoms with E-state index in [9.17, 15) is 9.18 Å². The van der Waals surface area contributed by atoms with E-state index >= 15 is 0 Å². The highest BCUT2D eigenvalue weighted by atomic mass is 19.1. The highest BCUT2D eigenvalue weighted by Crippen LogP contribution is 2.29. The summed E-state index contributed by atoms with van der Waals surface area (Å²) in [7, 11) is 1.47. The minimum Gasteiger partial charge on any atom is -0.396 e. The monoisotopic (exact) mass is 422 g/mol. The van der Waals surface area contributed by atoms with Gasteiger partial charge in [-0.3, -0.25) is 4.79 Å². The van der Waals surface area contributed by atoms with Crippen molar-refractivity contribution >= 4 is 17.3 Å². The maximum atomic E-state index is 14.3. The Morgan fingerprint density at radius 3 is 2.55 bits per heavy atom. The quantitative estimate of drug-likeness (QED) is 0.303. The number of hydrogen-bond acceptors (Lipinski definition) is 4. The second kappa shape index (κ2) is 10.0. The smallest absolute Gasteiger partial charge is 0.262 e. The fraction of sp³-hybridized carbons (Fsp3) is 0.292. The lowest BCUT2D eigenvalue weighted by atomic mass is 10.0. The van der Waals surface area contributed by atoms with Crippen molar-refractivity contribution in [2.45, 2.75) is 33.6 Å². The second-order valence-electron chi connectivity index (χ2n) is 7.32. The number of nitrogens with zero attached hydrogens (tertiary/aromatic N) is 3. The molecule has 0 saturated carbocycles. The average Bonchev–Trinajstić information content (AvgIpc) is 3.03. The molecule has 3 aromatic rings. The lowest BCUT2D eigenvalue weighted by Crippen LogP contribution is -2.15. The molecule has 0 bridgehead atoms. The molecule has 7 heteroatoms. The van der Waals surface area contributed by atoms with Crippen LogP contribution in [0.5, 0.6) is 0 Å². The molecule has 3 rings (SSSR count). The Morgan fingerprint density at radius 2 is 1.90 bits per heavy atom. The Balaban J connectivity index is 1.81. The van der Waals surface area contributed by atoms with E-state index in [1.54, 1.807) is 13.0 Å². The van der Waals surface area contributed by atoms with Crippen LogP contribution >= 0.6 is 0 Å². The number of benzene rings is 2. The lowest BCUT2D eigenvalue weighted by molar-refractivity contribution is 0.102. The summed E-state index contributed by atoms with van der Waals surface area (Å²) in [5.74, 6) is -1.19. The molecular weight excluding hydrogens is 395 g/mol. The highest BCUT2D eigenvalue weighted by Gasteiger charge is 2.21. The molecule has 0 unspecified atom stereocenters. The van der Waals surface area contributed by atoms with Crippen LogP contribution in [0.3, 0.4) is 0 Å². The zero-order valence-corrected chi connectivity index (χ0v) is 18.3. The Kier molecular flexibility index (Phi) is 7.18. The van der Waals surface area contributed by atoms with Crippen molar-refractivity contribution in [3.05, 3.63) is 71.3 Å². The van der Waals surface area contributed by atoms with Crippen LogP contribution in [0.15, 0.2) is 53.7 Å². The standard InChI is InChI=1S/C24H27FN4O2/c1-5-6-15-31-28-16(2)18-11-13-19(14-12-18)20-9-7-8-10-21(20)26-24(30)22-17(3)27-29(4)23(22)25/h7-14H,5-6,15H2,1-4H3,(H,26,30)/b28-16-. The summed E-state index contributed by atoms with van der Waals surface area (Å²) in [6, 6.07) is 15.3. The second-order valence-corrected chi connectivity index (χ2v) is 7.32. The molecule has 162 valence electrons. The van der Waals surface area contributed by atoms with Crippen LogP contribution in [0.4, 0.5) is 10.1 Å². The number of rotatable bonds is 8. The molecule has 1 heterocycles. The molecule has 0 aliphatic heterocycles. The van der Waals surface area contributed by atoms with Gasteiger partial charge in [0.05, 0.1) is 11.4 Å². The Bertz CT molecular complexity index is 1090. The van der Waals surface area contributed by atoms with Crippen LogP contribution in [-0.2, 0) is 11.9 Å². The summed E-state index contributed by atoms with van der Waals surface area (Å²) < 4.78 is 15.3. The van der Waals surface area contributed by atoms with Crippen molar-refractivity contribution in [1.29, 1.82) is 0 Å². The largest absolute Gasteiger partial charge is 0.396 e. The van der Waals surface area contributed by atoms with Crippen molar-refractivity contribution in [2.75, 3.05) is 11.9 Å². The minimum atomic E-state index is -0.659. The molecule has 1 N–H and O–H groups in total. The number of amides is 1. The average molecular weight is 423 g/mol. The number of carbonyl (C=O) groups is 1. The van der Waals surface area contributed by atoms with Crippen molar-refractivity contribution < 1.29 is 14.0 Å². The third-order valence-corrected chi connectivity index (χ3v) is 4.96. The number of halogens is 1. The highest BCUT2D eigenvalue weighted by molar-refractivity contribution is 6.07. The zero-order chi connectivity index (χ0) is 22.4. The zero-order valence-electron chi connectivity index (χ0n) is 18.3. The van der Waals surface area contributed by atoms with Crippen LogP contribution in [-0.4, -0.2) is 28.0 Å². The fourth-order valence-electron chi connectivity index (χ4n) is 3.21. The van der Waals surface area contributed by atoms with E-state index in [1.165, 1.54) is 7.05 Å². The third-order valence-electron chi connectivity index (χ3n) is 4.96. The van der Waals surface area contributed by atoms with Crippen LogP contribution in [0, 0.1) is 12.9 Å². The molecule has 0 aliphatic rings. The molecule has 0 atom stereocenters. The van der Waals surface area contributed by atoms with Gasteiger partial charge in [-0.15, -0.1) is 0 Å². The Hall–Kier alpha value is -3.48. The summed E-state index contributed by atoms with van der Waals surface area (Å²) in [5.41, 5.74) is 4.39. The van der Waals surface area contributed by atoms with Gasteiger partial charge in [-0.05, 0) is 37.5 Å². The first kappa shape index (κ1) is 22.2. The van der Waals surface area contributed by atoms with E-state index < -0.39 is 11.9 Å². The number of para-hydroxylation sites is 1. The molecule has 1 amide bonds. The molecule has 0 saturated heterocycles. The molecule has 0 fully saturated rings. The van der Waals surface area contributed by atoms with Gasteiger partial charge in [-0.2, -0.15) is 9.49 Å². The van der Waals surface area contributed by atoms with E-state index in [-0.39, 0.29) is 5.56 Å². The predicted octanol–water partition coefficient (Wildman–Crippen LogP) is 5.33. The first-order valence-electron chi connectivity index (χ1n) is 10.3. The number of anilines is 1. The van der Waals surface area contributed by atoms with Gasteiger partial charge in [0.1, 0.15) is 12.2 Å². The number of unbranched alkanes of at least 4 members (excludes halogenated alkanes) is 1. The van der Waals surface area contributed by atoms with E-state index in [2.05, 4.69) is 22.5 Å². The SMILES string of the molecule is CCCCO/N=C(/C)c1ccc(-c2ccccc2NC(=O)c2c(C)nn(C)c2F)cc1. The van der Waals surface area contributed by atoms with Crippen LogP contribution < -0.4 is 5.32 Å². The first-order valence-corrected chi connectivity index (χ1v) is 10.3. The summed E-state index contributed by atoms with van der Waals surface area (Å²) in [6.45, 7) is 6.22. The molecule has 0 spiro atoms. The molecule has 0 radical (unpaired) electrons. The minimum absolute atomic E-state index is 0.0532. The normalized spacial score (nSPS) is 11.5. The van der Waals surface area contributed by atoms with E-state index in [0.717, 1.165) is 39.9 Å². The molecular formula is C24H27FN4O2. The summed E-state index contributed by atoms with van der Waals surface area (Å²) in [6.07, 6.45) is 2.03. The van der Waals surface area contributed by atoms with E-state index in [0.29, 0.717) is 18.0 Å². The molecule has 0 aliphatic carbocycles. The summed E-state index contributed by atoms with van der Waals surface area (Å²) in [4.78, 5) is 18.0. The van der Waals surface area contributed by atoms with Gasteiger partial charge < -0.3 is 10.2 Å². The van der Waals surface area contributed by atoms with Gasteiger partial charge >= 0.3 is 0 Å². The fourth-order valence-corrected chi connectivity index (χ4v) is 3.21. The van der Waals surface area contributed by atoms with Gasteiger partial charge in [-0.25, -0.2) is 4.68 Å². The van der Waals surface area contributed by atoms with Crippen LogP contribution in [0.2, 0.25) is 0 Å². The van der Waals surface area contributed by atoms with Crippen molar-refractivity contribution in [3.8, 4) is 11.1 Å². The topological polar surface area (TPSA) is 68.5 Å². The number of aryl methyl sites for hydroxylation is 2. The van der Waals surface area contributed by atoms with Gasteiger partial charge in [0.2, 0.25) is 5.95 Å². The number of oxime groups is 1. The maximum absolute atomic E-state index is 14.3. The predicted molar refractivity (Wildman–Crippen MR) is 121 cm³/mol. The summed E-state index contributed by atoms with van der Waals surface area (Å²) >= 11 is 0. The van der Waals surface area contributed by atoms with E-state index in [1.807, 2.05) is 49.4 Å². The van der Waals surface area contributed by atoms with Crippen molar-refractivity contribution in [2.24, 2.45) is 12.2 Å². The molecule has 2 aromatic carbocycles. The number of carbonyl (C=O) groups excluding carboxylic acids is 1. The Morgan fingerprint density at radius 1 is 1.19 bits per heavy atom. The number of hydrogen-bond donors (Lipinski definition) is 1. The third kappa shape index (κ3) is 5.17. The lowest BCUT2D eigenvalue weighted by Gasteiger charge is -2.12. The van der Waals surface area contributed by atoms with Gasteiger partial charge in [0.25, 0.3) is 5.91 Å². The van der Waals surface area contributed by atoms with Crippen molar-refractivity contribution in [1.82, 2.24) is 9.78 Å². The van der Waals surface area contributed by atoms with Gasteiger partial charge in [-0.1, -0.05) is 61.0 Å².